The zero-order valence-corrected chi connectivity index (χ0v) is 11.8. The molecule has 0 fully saturated rings. The van der Waals surface area contributed by atoms with Gasteiger partial charge in [-0.25, -0.2) is 8.42 Å². The highest BCUT2D eigenvalue weighted by molar-refractivity contribution is 7.92. The molecule has 0 spiro atoms. The molecule has 3 heteroatoms. The molecule has 0 amide bonds. The molecule has 2 nitrogen and oxygen atoms in total. The van der Waals surface area contributed by atoms with E-state index in [1.807, 2.05) is 19.1 Å². The Bertz CT molecular complexity index is 524. The second-order valence-electron chi connectivity index (χ2n) is 4.56. The Balaban J connectivity index is 3.12. The number of aryl methyl sites for hydroxylation is 1. The molecule has 0 radical (unpaired) electrons. The third-order valence-corrected chi connectivity index (χ3v) is 5.22. The molecule has 98 valence electrons. The number of rotatable bonds is 6. The number of allylic oxidation sites excluding steroid dienone is 1. The summed E-state index contributed by atoms with van der Waals surface area (Å²) in [6.45, 7) is 11.1. The third kappa shape index (κ3) is 3.33. The van der Waals surface area contributed by atoms with E-state index in [1.165, 1.54) is 0 Å². The lowest BCUT2D eigenvalue weighted by Crippen LogP contribution is -2.22. The molecule has 0 saturated carbocycles. The Kier molecular flexibility index (Phi) is 4.91. The van der Waals surface area contributed by atoms with Crippen LogP contribution in [0.15, 0.2) is 54.0 Å². The molecular formula is C15H20O2S. The van der Waals surface area contributed by atoms with Crippen molar-refractivity contribution in [3.05, 3.63) is 54.6 Å². The van der Waals surface area contributed by atoms with Crippen molar-refractivity contribution in [3.63, 3.8) is 0 Å². The van der Waals surface area contributed by atoms with Crippen molar-refractivity contribution in [1.82, 2.24) is 0 Å². The van der Waals surface area contributed by atoms with Gasteiger partial charge in [-0.05, 0) is 38.8 Å². The minimum Gasteiger partial charge on any atom is -0.223 e. The first-order valence-corrected chi connectivity index (χ1v) is 7.51. The van der Waals surface area contributed by atoms with Crippen LogP contribution in [0.25, 0.3) is 0 Å². The van der Waals surface area contributed by atoms with E-state index in [0.717, 1.165) is 5.56 Å². The van der Waals surface area contributed by atoms with Gasteiger partial charge in [-0.3, -0.25) is 0 Å². The van der Waals surface area contributed by atoms with Gasteiger partial charge in [0, 0.05) is 0 Å². The molecule has 0 aliphatic carbocycles. The Morgan fingerprint density at radius 2 is 1.89 bits per heavy atom. The number of hydrogen-bond acceptors (Lipinski definition) is 2. The smallest absolute Gasteiger partial charge is 0.185 e. The van der Waals surface area contributed by atoms with Gasteiger partial charge in [-0.15, -0.1) is 6.58 Å². The van der Waals surface area contributed by atoms with E-state index in [4.69, 9.17) is 0 Å². The molecule has 0 aliphatic rings. The van der Waals surface area contributed by atoms with E-state index >= 15 is 0 Å². The molecule has 0 heterocycles. The van der Waals surface area contributed by atoms with Crippen LogP contribution in [0.2, 0.25) is 0 Å². The van der Waals surface area contributed by atoms with Crippen LogP contribution in [-0.2, 0) is 9.84 Å². The molecule has 1 unspecified atom stereocenters. The largest absolute Gasteiger partial charge is 0.223 e. The maximum atomic E-state index is 12.5. The van der Waals surface area contributed by atoms with Gasteiger partial charge in [0.05, 0.1) is 10.1 Å². The normalized spacial score (nSPS) is 13.0. The van der Waals surface area contributed by atoms with Crippen LogP contribution >= 0.6 is 0 Å². The van der Waals surface area contributed by atoms with Gasteiger partial charge >= 0.3 is 0 Å². The van der Waals surface area contributed by atoms with Gasteiger partial charge in [0.15, 0.2) is 9.84 Å². The first-order valence-electron chi connectivity index (χ1n) is 5.96. The van der Waals surface area contributed by atoms with Gasteiger partial charge in [-0.2, -0.15) is 0 Å². The minimum absolute atomic E-state index is 0.366. The lowest BCUT2D eigenvalue weighted by atomic mass is 10.1. The van der Waals surface area contributed by atoms with Crippen molar-refractivity contribution < 1.29 is 8.42 Å². The van der Waals surface area contributed by atoms with E-state index in [9.17, 15) is 8.42 Å². The Hall–Kier alpha value is -1.35. The summed E-state index contributed by atoms with van der Waals surface area (Å²) in [7, 11) is -3.34. The van der Waals surface area contributed by atoms with Crippen LogP contribution in [0.1, 0.15) is 25.3 Å². The number of sulfone groups is 1. The second kappa shape index (κ2) is 6.01. The number of benzene rings is 1. The van der Waals surface area contributed by atoms with Crippen LogP contribution in [0.4, 0.5) is 0 Å². The fraction of sp³-hybridized carbons (Fsp3) is 0.333. The van der Waals surface area contributed by atoms with Gasteiger partial charge in [-0.1, -0.05) is 35.9 Å². The van der Waals surface area contributed by atoms with Gasteiger partial charge in [0.2, 0.25) is 0 Å². The van der Waals surface area contributed by atoms with E-state index in [0.29, 0.717) is 23.3 Å². The summed E-state index contributed by atoms with van der Waals surface area (Å²) in [6, 6.07) is 6.95. The van der Waals surface area contributed by atoms with Gasteiger partial charge in [0.1, 0.15) is 0 Å². The van der Waals surface area contributed by atoms with Crippen molar-refractivity contribution in [3.8, 4) is 0 Å². The summed E-state index contributed by atoms with van der Waals surface area (Å²) >= 11 is 0. The van der Waals surface area contributed by atoms with Crippen molar-refractivity contribution in [1.29, 1.82) is 0 Å². The van der Waals surface area contributed by atoms with E-state index < -0.39 is 15.1 Å². The van der Waals surface area contributed by atoms with Crippen molar-refractivity contribution in [2.75, 3.05) is 0 Å². The van der Waals surface area contributed by atoms with Crippen LogP contribution in [0, 0.1) is 6.92 Å². The van der Waals surface area contributed by atoms with Crippen molar-refractivity contribution in [2.24, 2.45) is 0 Å². The molecule has 1 rings (SSSR count). The average molecular weight is 264 g/mol. The second-order valence-corrected chi connectivity index (χ2v) is 6.69. The molecule has 0 bridgehead atoms. The van der Waals surface area contributed by atoms with E-state index in [1.54, 1.807) is 25.1 Å². The van der Waals surface area contributed by atoms with Gasteiger partial charge < -0.3 is 0 Å². The summed E-state index contributed by atoms with van der Waals surface area (Å²) < 4.78 is 25.0. The molecule has 0 aliphatic heterocycles. The Morgan fingerprint density at radius 3 is 2.33 bits per heavy atom. The predicted octanol–water partition coefficient (Wildman–Crippen LogP) is 3.68. The zero-order valence-electron chi connectivity index (χ0n) is 11.0. The molecular weight excluding hydrogens is 244 g/mol. The summed E-state index contributed by atoms with van der Waals surface area (Å²) in [5, 5.41) is -0.529. The zero-order chi connectivity index (χ0) is 13.8. The summed E-state index contributed by atoms with van der Waals surface area (Å²) in [5.41, 5.74) is 1.73. The fourth-order valence-electron chi connectivity index (χ4n) is 1.83. The van der Waals surface area contributed by atoms with Gasteiger partial charge in [0.25, 0.3) is 0 Å². The summed E-state index contributed by atoms with van der Waals surface area (Å²) in [4.78, 5) is 0.366. The highest BCUT2D eigenvalue weighted by Gasteiger charge is 2.27. The lowest BCUT2D eigenvalue weighted by Gasteiger charge is -2.17. The predicted molar refractivity (Wildman–Crippen MR) is 76.4 cm³/mol. The average Bonchev–Trinajstić information content (AvgIpc) is 2.29. The maximum Gasteiger partial charge on any atom is 0.185 e. The summed E-state index contributed by atoms with van der Waals surface area (Å²) in [6.07, 6.45) is 2.94. The quantitative estimate of drug-likeness (QED) is 0.734. The topological polar surface area (TPSA) is 34.1 Å². The highest BCUT2D eigenvalue weighted by Crippen LogP contribution is 2.24. The van der Waals surface area contributed by atoms with Crippen LogP contribution in [-0.4, -0.2) is 13.7 Å². The van der Waals surface area contributed by atoms with Crippen molar-refractivity contribution >= 4 is 9.84 Å². The van der Waals surface area contributed by atoms with Crippen molar-refractivity contribution in [2.45, 2.75) is 36.8 Å². The van der Waals surface area contributed by atoms with E-state index in [2.05, 4.69) is 13.2 Å². The molecule has 0 N–H and O–H groups in total. The first kappa shape index (κ1) is 14.7. The molecule has 0 saturated heterocycles. The standard InChI is InChI=1S/C15H20O2S/c1-5-6-7-15(12(2)3)18(16,17)14-10-8-13(4)9-11-14/h5,8-11,15H,1-2,6-7H2,3-4H3. The molecule has 18 heavy (non-hydrogen) atoms. The minimum atomic E-state index is -3.34. The third-order valence-electron chi connectivity index (χ3n) is 2.91. The Labute approximate surface area is 110 Å². The number of hydrogen-bond donors (Lipinski definition) is 0. The SMILES string of the molecule is C=CCCC(C(=C)C)S(=O)(=O)c1ccc(C)cc1. The van der Waals surface area contributed by atoms with Crippen LogP contribution in [0.3, 0.4) is 0 Å². The summed E-state index contributed by atoms with van der Waals surface area (Å²) in [5.74, 6) is 0. The maximum absolute atomic E-state index is 12.5. The molecule has 1 aromatic rings. The highest BCUT2D eigenvalue weighted by atomic mass is 32.2. The lowest BCUT2D eigenvalue weighted by molar-refractivity contribution is 0.581. The van der Waals surface area contributed by atoms with E-state index in [-0.39, 0.29) is 0 Å². The molecule has 1 atom stereocenters. The Morgan fingerprint density at radius 1 is 1.33 bits per heavy atom. The first-order chi connectivity index (χ1) is 8.39. The molecule has 0 aromatic heterocycles. The molecule has 1 aromatic carbocycles. The van der Waals surface area contributed by atoms with Crippen LogP contribution in [0.5, 0.6) is 0 Å². The fourth-order valence-corrected chi connectivity index (χ4v) is 3.65. The monoisotopic (exact) mass is 264 g/mol. The van der Waals surface area contributed by atoms with Crippen LogP contribution < -0.4 is 0 Å².